The van der Waals surface area contributed by atoms with Crippen molar-refractivity contribution in [2.45, 2.75) is 12.1 Å². The van der Waals surface area contributed by atoms with Gasteiger partial charge in [-0.2, -0.15) is 0 Å². The Hall–Kier alpha value is -0.260. The van der Waals surface area contributed by atoms with Gasteiger partial charge in [-0.05, 0) is 0 Å². The molecule has 2 fully saturated rings. The fourth-order valence-electron chi connectivity index (χ4n) is 1.54. The Labute approximate surface area is 82.0 Å². The number of nitrogens with zero attached hydrogens (tertiary/aromatic N) is 1. The molecule has 1 N–H and O–H groups in total. The van der Waals surface area contributed by atoms with E-state index in [2.05, 4.69) is 5.32 Å². The molecule has 5 heteroatoms. The molecule has 0 radical (unpaired) electrons. The zero-order valence-electron chi connectivity index (χ0n) is 7.66. The zero-order valence-corrected chi connectivity index (χ0v) is 8.47. The Morgan fingerprint density at radius 1 is 1.62 bits per heavy atom. The third kappa shape index (κ3) is 1.82. The van der Waals surface area contributed by atoms with Crippen molar-refractivity contribution in [2.24, 2.45) is 0 Å². The highest BCUT2D eigenvalue weighted by Gasteiger charge is 2.35. The molecule has 1 atom stereocenters. The van der Waals surface area contributed by atoms with Gasteiger partial charge in [0.05, 0.1) is 12.1 Å². The lowest BCUT2D eigenvalue weighted by atomic mass is 10.1. The van der Waals surface area contributed by atoms with Gasteiger partial charge in [-0.1, -0.05) is 0 Å². The lowest BCUT2D eigenvalue weighted by Crippen LogP contribution is -2.58. The van der Waals surface area contributed by atoms with Crippen molar-refractivity contribution in [3.8, 4) is 0 Å². The van der Waals surface area contributed by atoms with Gasteiger partial charge >= 0.3 is 0 Å². The molecule has 1 amide bonds. The van der Waals surface area contributed by atoms with Crippen LogP contribution in [0.4, 0.5) is 0 Å². The lowest BCUT2D eigenvalue weighted by Gasteiger charge is -2.39. The molecule has 13 heavy (non-hydrogen) atoms. The van der Waals surface area contributed by atoms with Gasteiger partial charge in [-0.3, -0.25) is 10.1 Å². The van der Waals surface area contributed by atoms with Crippen LogP contribution in [-0.2, 0) is 9.53 Å². The van der Waals surface area contributed by atoms with Gasteiger partial charge in [0, 0.05) is 31.8 Å². The SMILES string of the molecule is COC1CN(C(=O)C2CSCN2)C1. The summed E-state index contributed by atoms with van der Waals surface area (Å²) in [6.07, 6.45) is 0.262. The molecule has 2 heterocycles. The summed E-state index contributed by atoms with van der Waals surface area (Å²) in [7, 11) is 1.69. The Morgan fingerprint density at radius 2 is 2.38 bits per heavy atom. The molecule has 0 aromatic carbocycles. The molecule has 0 aromatic rings. The second kappa shape index (κ2) is 3.86. The van der Waals surface area contributed by atoms with Crippen LogP contribution in [0.25, 0.3) is 0 Å². The highest BCUT2D eigenvalue weighted by atomic mass is 32.2. The van der Waals surface area contributed by atoms with E-state index in [0.717, 1.165) is 24.7 Å². The minimum absolute atomic E-state index is 0.0443. The Morgan fingerprint density at radius 3 is 2.92 bits per heavy atom. The molecule has 0 saturated carbocycles. The molecule has 0 aliphatic carbocycles. The number of rotatable bonds is 2. The summed E-state index contributed by atoms with van der Waals surface area (Å²) in [6, 6.07) is 0.0443. The van der Waals surface area contributed by atoms with Crippen molar-refractivity contribution in [3.05, 3.63) is 0 Å². The average molecular weight is 202 g/mol. The molecule has 74 valence electrons. The molecule has 2 rings (SSSR count). The first kappa shape index (κ1) is 9.30. The highest BCUT2D eigenvalue weighted by Crippen LogP contribution is 2.17. The number of carbonyl (C=O) groups excluding carboxylic acids is 1. The lowest BCUT2D eigenvalue weighted by molar-refractivity contribution is -0.144. The molecule has 0 spiro atoms. The fraction of sp³-hybridized carbons (Fsp3) is 0.875. The molecule has 0 bridgehead atoms. The first-order chi connectivity index (χ1) is 6.31. The van der Waals surface area contributed by atoms with Gasteiger partial charge in [0.25, 0.3) is 0 Å². The quantitative estimate of drug-likeness (QED) is 0.656. The number of nitrogens with one attached hydrogen (secondary N) is 1. The molecule has 2 aliphatic rings. The van der Waals surface area contributed by atoms with E-state index < -0.39 is 0 Å². The number of thioether (sulfide) groups is 1. The summed E-state index contributed by atoms with van der Waals surface area (Å²) in [5, 5.41) is 3.17. The van der Waals surface area contributed by atoms with Crippen LogP contribution in [0.3, 0.4) is 0 Å². The van der Waals surface area contributed by atoms with Gasteiger partial charge in [0.1, 0.15) is 0 Å². The van der Waals surface area contributed by atoms with Crippen molar-refractivity contribution in [1.29, 1.82) is 0 Å². The molecular formula is C8H14N2O2S. The van der Waals surface area contributed by atoms with Crippen molar-refractivity contribution in [3.63, 3.8) is 0 Å². The van der Waals surface area contributed by atoms with Crippen molar-refractivity contribution < 1.29 is 9.53 Å². The molecule has 1 unspecified atom stereocenters. The molecule has 2 saturated heterocycles. The number of hydrogen-bond acceptors (Lipinski definition) is 4. The first-order valence-electron chi connectivity index (χ1n) is 4.44. The topological polar surface area (TPSA) is 41.6 Å². The number of carbonyl (C=O) groups is 1. The van der Waals surface area contributed by atoms with Crippen LogP contribution in [0.15, 0.2) is 0 Å². The third-order valence-electron chi connectivity index (χ3n) is 2.51. The van der Waals surface area contributed by atoms with E-state index >= 15 is 0 Å². The van der Waals surface area contributed by atoms with E-state index in [1.54, 1.807) is 18.9 Å². The molecular weight excluding hydrogens is 188 g/mol. The smallest absolute Gasteiger partial charge is 0.240 e. The van der Waals surface area contributed by atoms with Gasteiger partial charge in [-0.15, -0.1) is 11.8 Å². The van der Waals surface area contributed by atoms with Crippen LogP contribution in [-0.4, -0.2) is 54.8 Å². The minimum Gasteiger partial charge on any atom is -0.378 e. The molecule has 4 nitrogen and oxygen atoms in total. The standard InChI is InChI=1S/C8H14N2O2S/c1-12-6-2-10(3-6)8(11)7-4-13-5-9-7/h6-7,9H,2-5H2,1H3. The maximum Gasteiger partial charge on any atom is 0.240 e. The van der Waals surface area contributed by atoms with E-state index in [1.165, 1.54) is 0 Å². The molecule has 2 aliphatic heterocycles. The first-order valence-corrected chi connectivity index (χ1v) is 5.59. The van der Waals surface area contributed by atoms with E-state index in [4.69, 9.17) is 4.74 Å². The normalized spacial score (nSPS) is 29.0. The number of amides is 1. The van der Waals surface area contributed by atoms with Crippen LogP contribution >= 0.6 is 11.8 Å². The monoisotopic (exact) mass is 202 g/mol. The summed E-state index contributed by atoms with van der Waals surface area (Å²) in [4.78, 5) is 13.5. The summed E-state index contributed by atoms with van der Waals surface area (Å²) in [5.74, 6) is 2.04. The predicted octanol–water partition coefficient (Wildman–Crippen LogP) is -0.494. The van der Waals surface area contributed by atoms with Gasteiger partial charge < -0.3 is 9.64 Å². The number of hydrogen-bond donors (Lipinski definition) is 1. The van der Waals surface area contributed by atoms with Crippen molar-refractivity contribution in [2.75, 3.05) is 31.8 Å². The van der Waals surface area contributed by atoms with E-state index in [1.807, 2.05) is 4.90 Å². The number of methoxy groups -OCH3 is 1. The fourth-order valence-corrected chi connectivity index (χ4v) is 2.47. The highest BCUT2D eigenvalue weighted by molar-refractivity contribution is 7.99. The summed E-state index contributed by atoms with van der Waals surface area (Å²) in [5.41, 5.74) is 0. The average Bonchev–Trinajstić information content (AvgIpc) is 2.53. The van der Waals surface area contributed by atoms with Crippen LogP contribution in [0.5, 0.6) is 0 Å². The van der Waals surface area contributed by atoms with Crippen LogP contribution in [0.1, 0.15) is 0 Å². The third-order valence-corrected chi connectivity index (χ3v) is 3.45. The minimum atomic E-state index is 0.0443. The molecule has 0 aromatic heterocycles. The second-order valence-electron chi connectivity index (χ2n) is 3.37. The van der Waals surface area contributed by atoms with Crippen molar-refractivity contribution in [1.82, 2.24) is 10.2 Å². The number of ether oxygens (including phenoxy) is 1. The maximum atomic E-state index is 11.7. The van der Waals surface area contributed by atoms with E-state index in [9.17, 15) is 4.79 Å². The van der Waals surface area contributed by atoms with Crippen LogP contribution in [0.2, 0.25) is 0 Å². The largest absolute Gasteiger partial charge is 0.378 e. The summed E-state index contributed by atoms with van der Waals surface area (Å²) < 4.78 is 5.11. The van der Waals surface area contributed by atoms with Crippen LogP contribution < -0.4 is 5.32 Å². The van der Waals surface area contributed by atoms with E-state index in [-0.39, 0.29) is 18.1 Å². The second-order valence-corrected chi connectivity index (χ2v) is 4.40. The van der Waals surface area contributed by atoms with E-state index in [0.29, 0.717) is 0 Å². The Balaban J connectivity index is 1.78. The van der Waals surface area contributed by atoms with Crippen molar-refractivity contribution >= 4 is 17.7 Å². The van der Waals surface area contributed by atoms with Gasteiger partial charge in [0.2, 0.25) is 5.91 Å². The Kier molecular flexibility index (Phi) is 2.76. The van der Waals surface area contributed by atoms with Gasteiger partial charge in [-0.25, -0.2) is 0 Å². The summed E-state index contributed by atoms with van der Waals surface area (Å²) >= 11 is 1.78. The van der Waals surface area contributed by atoms with Gasteiger partial charge in [0.15, 0.2) is 0 Å². The zero-order chi connectivity index (χ0) is 9.26. The number of likely N-dealkylation sites (tertiary alicyclic amines) is 1. The Bertz CT molecular complexity index is 200. The predicted molar refractivity (Wildman–Crippen MR) is 51.6 cm³/mol. The maximum absolute atomic E-state index is 11.7. The summed E-state index contributed by atoms with van der Waals surface area (Å²) in [6.45, 7) is 1.52. The van der Waals surface area contributed by atoms with Crippen LogP contribution in [0, 0.1) is 0 Å².